The number of halogens is 6. The van der Waals surface area contributed by atoms with E-state index in [0.29, 0.717) is 12.8 Å². The third kappa shape index (κ3) is 15.0. The molecular weight excluding hydrogens is 422 g/mol. The van der Waals surface area contributed by atoms with E-state index < -0.39 is 55.4 Å². The molecule has 0 aromatic heterocycles. The lowest BCUT2D eigenvalue weighted by molar-refractivity contribution is -0.159. The predicted octanol–water partition coefficient (Wildman–Crippen LogP) is 4.33. The van der Waals surface area contributed by atoms with Gasteiger partial charge in [-0.25, -0.2) is 0 Å². The van der Waals surface area contributed by atoms with E-state index in [1.165, 1.54) is 14.2 Å². The first-order chi connectivity index (χ1) is 13.8. The van der Waals surface area contributed by atoms with Crippen LogP contribution in [0.25, 0.3) is 0 Å². The van der Waals surface area contributed by atoms with Gasteiger partial charge in [0.15, 0.2) is 5.78 Å². The van der Waals surface area contributed by atoms with E-state index in [1.807, 2.05) is 0 Å². The highest BCUT2D eigenvalue weighted by Gasteiger charge is 2.32. The van der Waals surface area contributed by atoms with Crippen LogP contribution in [-0.4, -0.2) is 67.0 Å². The fraction of sp³-hybridized carbons (Fsp3) is 0.947. The lowest BCUT2D eigenvalue weighted by atomic mass is 9.98. The second kappa shape index (κ2) is 14.2. The molecule has 0 aliphatic rings. The minimum absolute atomic E-state index is 0.00429. The highest BCUT2D eigenvalue weighted by molar-refractivity contribution is 5.86. The van der Waals surface area contributed by atoms with Crippen LogP contribution in [0.4, 0.5) is 26.3 Å². The van der Waals surface area contributed by atoms with Crippen molar-refractivity contribution in [1.82, 2.24) is 0 Å². The molecule has 5 nitrogen and oxygen atoms in total. The summed E-state index contributed by atoms with van der Waals surface area (Å²) in [6, 6.07) is 0. The zero-order valence-electron chi connectivity index (χ0n) is 17.3. The largest absolute Gasteiger partial charge is 0.391 e. The average molecular weight is 454 g/mol. The van der Waals surface area contributed by atoms with Crippen molar-refractivity contribution in [3.05, 3.63) is 0 Å². The van der Waals surface area contributed by atoms with Crippen molar-refractivity contribution >= 4 is 5.78 Å². The second-order valence-electron chi connectivity index (χ2n) is 7.36. The molecule has 0 rings (SSSR count). The van der Waals surface area contributed by atoms with Gasteiger partial charge in [-0.1, -0.05) is 25.7 Å². The quantitative estimate of drug-likeness (QED) is 0.268. The van der Waals surface area contributed by atoms with Crippen LogP contribution in [-0.2, 0) is 14.3 Å². The lowest BCUT2D eigenvalue weighted by Crippen LogP contribution is -2.32. The normalized spacial score (nSPS) is 16.9. The van der Waals surface area contributed by atoms with Crippen LogP contribution in [0.2, 0.25) is 0 Å². The zero-order valence-corrected chi connectivity index (χ0v) is 17.3. The molecule has 4 unspecified atom stereocenters. The summed E-state index contributed by atoms with van der Waals surface area (Å²) in [6.07, 6.45) is -14.3. The molecule has 0 saturated heterocycles. The van der Waals surface area contributed by atoms with Gasteiger partial charge < -0.3 is 19.7 Å². The highest BCUT2D eigenvalue weighted by Crippen LogP contribution is 2.26. The van der Waals surface area contributed by atoms with Gasteiger partial charge in [0, 0.05) is 14.2 Å². The molecule has 0 aromatic rings. The summed E-state index contributed by atoms with van der Waals surface area (Å²) in [4.78, 5) is 11.9. The van der Waals surface area contributed by atoms with Crippen LogP contribution in [0, 0.1) is 0 Å². The van der Waals surface area contributed by atoms with Crippen molar-refractivity contribution in [2.45, 2.75) is 101 Å². The van der Waals surface area contributed by atoms with Gasteiger partial charge >= 0.3 is 12.4 Å². The van der Waals surface area contributed by atoms with E-state index in [9.17, 15) is 41.4 Å². The number of hydrogen-bond donors (Lipinski definition) is 2. The minimum Gasteiger partial charge on any atom is -0.385 e. The van der Waals surface area contributed by atoms with Crippen LogP contribution < -0.4 is 0 Å². The monoisotopic (exact) mass is 454 g/mol. The number of hydrogen-bond acceptors (Lipinski definition) is 5. The van der Waals surface area contributed by atoms with Gasteiger partial charge in [0.05, 0.1) is 25.0 Å². The van der Waals surface area contributed by atoms with E-state index in [4.69, 9.17) is 9.47 Å². The maximum Gasteiger partial charge on any atom is 0.391 e. The summed E-state index contributed by atoms with van der Waals surface area (Å²) in [5.74, 6) is -0.799. The standard InChI is InChI=1S/C19H32F6O5/c1-29-13(11-18(20,21)22)7-3-5-9-15(26)17(28)16(27)10-6-4-8-14(30-2)12-19(23,24)25/h13-16,26-27H,3-12H2,1-2H3. The Balaban J connectivity index is 4.09. The van der Waals surface area contributed by atoms with Gasteiger partial charge in [-0.2, -0.15) is 26.3 Å². The van der Waals surface area contributed by atoms with Crippen molar-refractivity contribution in [3.8, 4) is 0 Å². The summed E-state index contributed by atoms with van der Waals surface area (Å²) in [6.45, 7) is 0. The number of aliphatic hydroxyl groups excluding tert-OH is 2. The number of carbonyl (C=O) groups excluding carboxylic acids is 1. The van der Waals surface area contributed by atoms with E-state index in [-0.39, 0.29) is 38.5 Å². The molecule has 0 heterocycles. The summed E-state index contributed by atoms with van der Waals surface area (Å²) < 4.78 is 83.6. The molecule has 0 aromatic carbocycles. The molecule has 0 amide bonds. The maximum absolute atomic E-state index is 12.3. The molecule has 2 N–H and O–H groups in total. The molecule has 0 radical (unpaired) electrons. The first kappa shape index (κ1) is 29.1. The molecule has 0 spiro atoms. The van der Waals surface area contributed by atoms with Crippen LogP contribution in [0.3, 0.4) is 0 Å². The van der Waals surface area contributed by atoms with Crippen molar-refractivity contribution in [1.29, 1.82) is 0 Å². The van der Waals surface area contributed by atoms with Crippen molar-refractivity contribution in [2.24, 2.45) is 0 Å². The molecule has 11 heteroatoms. The molecule has 30 heavy (non-hydrogen) atoms. The highest BCUT2D eigenvalue weighted by atomic mass is 19.4. The molecule has 0 aliphatic carbocycles. The number of rotatable bonds is 16. The summed E-state index contributed by atoms with van der Waals surface area (Å²) >= 11 is 0. The Morgan fingerprint density at radius 3 is 1.27 bits per heavy atom. The Morgan fingerprint density at radius 2 is 1.00 bits per heavy atom. The Kier molecular flexibility index (Phi) is 13.8. The van der Waals surface area contributed by atoms with E-state index >= 15 is 0 Å². The number of methoxy groups -OCH3 is 2. The number of unbranched alkanes of at least 4 members (excludes halogenated alkanes) is 2. The molecule has 0 fully saturated rings. The number of ketones is 1. The predicted molar refractivity (Wildman–Crippen MR) is 96.9 cm³/mol. The molecule has 0 saturated carbocycles. The minimum atomic E-state index is -4.34. The number of ether oxygens (including phenoxy) is 2. The maximum atomic E-state index is 12.3. The third-order valence-electron chi connectivity index (χ3n) is 4.75. The van der Waals surface area contributed by atoms with Crippen molar-refractivity contribution in [2.75, 3.05) is 14.2 Å². The van der Waals surface area contributed by atoms with Crippen molar-refractivity contribution in [3.63, 3.8) is 0 Å². The van der Waals surface area contributed by atoms with Crippen LogP contribution >= 0.6 is 0 Å². The van der Waals surface area contributed by atoms with E-state index in [2.05, 4.69) is 0 Å². The van der Waals surface area contributed by atoms with Gasteiger partial charge in [-0.15, -0.1) is 0 Å². The number of Topliss-reactive ketones (excluding diaryl/α,β-unsaturated/α-hetero) is 1. The molecule has 0 bridgehead atoms. The zero-order chi connectivity index (χ0) is 23.4. The summed E-state index contributed by atoms with van der Waals surface area (Å²) in [5.41, 5.74) is 0. The van der Waals surface area contributed by atoms with E-state index in [0.717, 1.165) is 0 Å². The Labute approximate surface area is 172 Å². The average Bonchev–Trinajstić information content (AvgIpc) is 2.63. The van der Waals surface area contributed by atoms with Crippen molar-refractivity contribution < 1.29 is 50.8 Å². The lowest BCUT2D eigenvalue weighted by Gasteiger charge is -2.18. The fourth-order valence-corrected chi connectivity index (χ4v) is 3.05. The van der Waals surface area contributed by atoms with Crippen LogP contribution in [0.1, 0.15) is 64.2 Å². The van der Waals surface area contributed by atoms with Gasteiger partial charge in [0.1, 0.15) is 12.2 Å². The third-order valence-corrected chi connectivity index (χ3v) is 4.75. The Bertz CT molecular complexity index is 429. The SMILES string of the molecule is COC(CCCCC(O)C(=O)C(O)CCCCC(CC(F)(F)F)OC)CC(F)(F)F. The summed E-state index contributed by atoms with van der Waals surface area (Å²) in [5, 5.41) is 19.7. The van der Waals surface area contributed by atoms with Crippen LogP contribution in [0.15, 0.2) is 0 Å². The first-order valence-corrected chi connectivity index (χ1v) is 9.88. The number of carbonyl (C=O) groups is 1. The first-order valence-electron chi connectivity index (χ1n) is 9.88. The second-order valence-corrected chi connectivity index (χ2v) is 7.36. The molecule has 4 atom stereocenters. The molecule has 180 valence electrons. The Hall–Kier alpha value is -0.910. The number of aliphatic hydroxyl groups is 2. The smallest absolute Gasteiger partial charge is 0.385 e. The number of alkyl halides is 6. The topological polar surface area (TPSA) is 76.0 Å². The Morgan fingerprint density at radius 1 is 0.700 bits per heavy atom. The summed E-state index contributed by atoms with van der Waals surface area (Å²) in [7, 11) is 2.37. The van der Waals surface area contributed by atoms with Crippen LogP contribution in [0.5, 0.6) is 0 Å². The molecule has 0 aliphatic heterocycles. The van der Waals surface area contributed by atoms with Gasteiger partial charge in [0.25, 0.3) is 0 Å². The van der Waals surface area contributed by atoms with Gasteiger partial charge in [-0.05, 0) is 25.7 Å². The van der Waals surface area contributed by atoms with Gasteiger partial charge in [0.2, 0.25) is 0 Å². The van der Waals surface area contributed by atoms with Gasteiger partial charge in [-0.3, -0.25) is 4.79 Å². The van der Waals surface area contributed by atoms with E-state index in [1.54, 1.807) is 0 Å². The fourth-order valence-electron chi connectivity index (χ4n) is 3.05. The molecular formula is C19H32F6O5.